The first-order valence-electron chi connectivity index (χ1n) is 11.5. The molecule has 35 heavy (non-hydrogen) atoms. The van der Waals surface area contributed by atoms with Gasteiger partial charge in [0.15, 0.2) is 5.11 Å². The van der Waals surface area contributed by atoms with E-state index in [2.05, 4.69) is 10.3 Å². The minimum atomic E-state index is -3.93. The maximum absolute atomic E-state index is 14.2. The van der Waals surface area contributed by atoms with Gasteiger partial charge in [-0.25, -0.2) is 17.8 Å². The van der Waals surface area contributed by atoms with Crippen LogP contribution in [0.25, 0.3) is 0 Å². The van der Waals surface area contributed by atoms with Crippen molar-refractivity contribution in [1.29, 1.82) is 0 Å². The van der Waals surface area contributed by atoms with Crippen LogP contribution in [0, 0.1) is 5.82 Å². The summed E-state index contributed by atoms with van der Waals surface area (Å²) in [6, 6.07) is 9.54. The number of nitrogens with zero attached hydrogens (tertiary/aromatic N) is 3. The molecule has 1 aliphatic rings. The lowest BCUT2D eigenvalue weighted by Crippen LogP contribution is -2.39. The predicted molar refractivity (Wildman–Crippen MR) is 133 cm³/mol. The van der Waals surface area contributed by atoms with Gasteiger partial charge < -0.3 is 23.9 Å². The van der Waals surface area contributed by atoms with Crippen molar-refractivity contribution >= 4 is 27.2 Å². The maximum Gasteiger partial charge on any atom is 0.228 e. The lowest BCUT2D eigenvalue weighted by molar-refractivity contribution is 0.0936. The van der Waals surface area contributed by atoms with Gasteiger partial charge in [-0.05, 0) is 50.2 Å². The molecule has 1 aliphatic heterocycles. The first-order chi connectivity index (χ1) is 16.9. The van der Waals surface area contributed by atoms with Gasteiger partial charge in [-0.1, -0.05) is 18.2 Å². The number of sulfone groups is 1. The lowest BCUT2D eigenvalue weighted by atomic mass is 10.2. The van der Waals surface area contributed by atoms with Crippen LogP contribution in [0.3, 0.4) is 0 Å². The van der Waals surface area contributed by atoms with E-state index < -0.39 is 21.4 Å². The highest BCUT2D eigenvalue weighted by Crippen LogP contribution is 2.24. The van der Waals surface area contributed by atoms with Gasteiger partial charge in [0.05, 0.1) is 49.6 Å². The lowest BCUT2D eigenvalue weighted by Gasteiger charge is -2.26. The molecule has 0 spiro atoms. The average Bonchev–Trinajstić information content (AvgIpc) is 3.59. The first-order valence-corrected chi connectivity index (χ1v) is 13.6. The first kappa shape index (κ1) is 25.3. The van der Waals surface area contributed by atoms with E-state index in [1.165, 1.54) is 18.2 Å². The highest BCUT2D eigenvalue weighted by atomic mass is 32.2. The number of nitrogens with one attached hydrogen (secondary N) is 1. The summed E-state index contributed by atoms with van der Waals surface area (Å²) in [5, 5.41) is 3.57. The average molecular weight is 521 g/mol. The van der Waals surface area contributed by atoms with E-state index in [9.17, 15) is 12.8 Å². The number of benzene rings is 1. The maximum atomic E-state index is 14.2. The van der Waals surface area contributed by atoms with E-state index in [4.69, 9.17) is 21.4 Å². The van der Waals surface area contributed by atoms with Crippen LogP contribution < -0.4 is 5.32 Å². The van der Waals surface area contributed by atoms with Gasteiger partial charge in [0, 0.05) is 18.7 Å². The fourth-order valence-electron chi connectivity index (χ4n) is 4.09. The molecule has 0 unspecified atom stereocenters. The number of ether oxygens (including phenoxy) is 1. The minimum Gasteiger partial charge on any atom is -0.467 e. The molecule has 3 aromatic rings. The van der Waals surface area contributed by atoms with E-state index in [0.29, 0.717) is 43.6 Å². The van der Waals surface area contributed by atoms with Crippen LogP contribution >= 0.6 is 12.2 Å². The molecule has 1 fully saturated rings. The zero-order valence-electron chi connectivity index (χ0n) is 19.5. The fourth-order valence-corrected chi connectivity index (χ4v) is 5.87. The highest BCUT2D eigenvalue weighted by Gasteiger charge is 2.28. The van der Waals surface area contributed by atoms with Crippen LogP contribution in [-0.2, 0) is 40.0 Å². The van der Waals surface area contributed by atoms with E-state index >= 15 is 0 Å². The highest BCUT2D eigenvalue weighted by molar-refractivity contribution is 7.90. The second kappa shape index (κ2) is 11.3. The molecule has 0 amide bonds. The van der Waals surface area contributed by atoms with Crippen LogP contribution in [0.2, 0.25) is 0 Å². The van der Waals surface area contributed by atoms with Gasteiger partial charge in [-0.2, -0.15) is 0 Å². The Morgan fingerprint density at radius 1 is 1.29 bits per heavy atom. The third-order valence-electron chi connectivity index (χ3n) is 5.79. The second-order valence-corrected chi connectivity index (χ2v) is 10.7. The van der Waals surface area contributed by atoms with Crippen molar-refractivity contribution in [3.8, 4) is 0 Å². The third-order valence-corrected chi connectivity index (χ3v) is 7.76. The Morgan fingerprint density at radius 3 is 2.80 bits per heavy atom. The Balaban J connectivity index is 1.66. The Hall–Kier alpha value is -2.76. The van der Waals surface area contributed by atoms with E-state index in [-0.39, 0.29) is 16.8 Å². The largest absolute Gasteiger partial charge is 0.467 e. The van der Waals surface area contributed by atoms with Gasteiger partial charge in [-0.15, -0.1) is 0 Å². The summed E-state index contributed by atoms with van der Waals surface area (Å²) in [5.41, 5.74) is 0.771. The van der Waals surface area contributed by atoms with Crippen molar-refractivity contribution in [2.45, 2.75) is 56.4 Å². The summed E-state index contributed by atoms with van der Waals surface area (Å²) >= 11 is 5.57. The number of hydrogen-bond donors (Lipinski definition) is 1. The van der Waals surface area contributed by atoms with Crippen LogP contribution in [0.5, 0.6) is 0 Å². The van der Waals surface area contributed by atoms with E-state index in [1.54, 1.807) is 29.2 Å². The summed E-state index contributed by atoms with van der Waals surface area (Å²) in [5.74, 6) is -0.315. The van der Waals surface area contributed by atoms with Crippen molar-refractivity contribution in [2.75, 3.05) is 13.2 Å². The van der Waals surface area contributed by atoms with Crippen LogP contribution in [0.15, 0.2) is 58.4 Å². The van der Waals surface area contributed by atoms with Gasteiger partial charge in [0.1, 0.15) is 11.6 Å². The summed E-state index contributed by atoms with van der Waals surface area (Å²) in [6.45, 7) is 4.28. The molecule has 11 heteroatoms. The molecule has 0 bridgehead atoms. The number of rotatable bonds is 10. The van der Waals surface area contributed by atoms with Crippen LogP contribution in [-0.4, -0.2) is 47.2 Å². The molecule has 0 radical (unpaired) electrons. The standard InChI is InChI=1S/C24H29FN4O4S2/c1-2-26-23(34)28(15-20-8-5-11-32-20)14-19-13-27-24(29(19)16-21-9-6-12-33-21)35(30,31)17-18-7-3-4-10-22(18)25/h3-5,7-8,10-11,13,21H,2,6,9,12,14-17H2,1H3,(H,26,34)/t21-/m1/s1. The van der Waals surface area contributed by atoms with Crippen molar-refractivity contribution in [3.63, 3.8) is 0 Å². The van der Waals surface area contributed by atoms with Crippen molar-refractivity contribution in [3.05, 3.63) is 71.7 Å². The molecule has 188 valence electrons. The Kier molecular flexibility index (Phi) is 8.19. The third kappa shape index (κ3) is 6.28. The van der Waals surface area contributed by atoms with Gasteiger partial charge in [0.2, 0.25) is 15.0 Å². The topological polar surface area (TPSA) is 89.6 Å². The summed E-state index contributed by atoms with van der Waals surface area (Å²) in [4.78, 5) is 6.19. The summed E-state index contributed by atoms with van der Waals surface area (Å²) in [6.07, 6.45) is 4.77. The van der Waals surface area contributed by atoms with Crippen LogP contribution in [0.1, 0.15) is 36.8 Å². The number of imidazole rings is 1. The molecular weight excluding hydrogens is 491 g/mol. The fraction of sp³-hybridized carbons (Fsp3) is 0.417. The van der Waals surface area contributed by atoms with Crippen molar-refractivity contribution < 1.29 is 22.0 Å². The molecule has 1 saturated heterocycles. The number of aromatic nitrogens is 2. The number of halogens is 1. The minimum absolute atomic E-state index is 0.0985. The van der Waals surface area contributed by atoms with Gasteiger partial charge in [-0.3, -0.25) is 0 Å². The van der Waals surface area contributed by atoms with Crippen molar-refractivity contribution in [1.82, 2.24) is 19.8 Å². The number of thiocarbonyl (C=S) groups is 1. The molecular formula is C24H29FN4O4S2. The Bertz CT molecular complexity index is 1240. The molecule has 0 saturated carbocycles. The number of hydrogen-bond acceptors (Lipinski definition) is 6. The zero-order valence-corrected chi connectivity index (χ0v) is 21.2. The molecule has 4 rings (SSSR count). The van der Waals surface area contributed by atoms with Gasteiger partial charge >= 0.3 is 0 Å². The second-order valence-electron chi connectivity index (χ2n) is 8.40. The van der Waals surface area contributed by atoms with E-state index in [1.807, 2.05) is 17.9 Å². The molecule has 2 aromatic heterocycles. The summed E-state index contributed by atoms with van der Waals surface area (Å²) in [7, 11) is -3.93. The van der Waals surface area contributed by atoms with Crippen LogP contribution in [0.4, 0.5) is 4.39 Å². The Morgan fingerprint density at radius 2 is 2.11 bits per heavy atom. The molecule has 8 nitrogen and oxygen atoms in total. The van der Waals surface area contributed by atoms with Gasteiger partial charge in [0.25, 0.3) is 0 Å². The molecule has 3 heterocycles. The molecule has 1 N–H and O–H groups in total. The van der Waals surface area contributed by atoms with Crippen molar-refractivity contribution in [2.24, 2.45) is 0 Å². The predicted octanol–water partition coefficient (Wildman–Crippen LogP) is 3.66. The molecule has 0 aliphatic carbocycles. The monoisotopic (exact) mass is 520 g/mol. The normalized spacial score (nSPS) is 15.9. The molecule has 1 aromatic carbocycles. The Labute approximate surface area is 210 Å². The zero-order chi connectivity index (χ0) is 24.8. The smallest absolute Gasteiger partial charge is 0.228 e. The van der Waals surface area contributed by atoms with E-state index in [0.717, 1.165) is 18.6 Å². The molecule has 1 atom stereocenters. The quantitative estimate of drug-likeness (QED) is 0.405. The number of furan rings is 1. The SMILES string of the molecule is CCNC(=S)N(Cc1ccco1)Cc1cnc(S(=O)(=O)Cc2ccccc2F)n1C[C@H]1CCCO1. The summed E-state index contributed by atoms with van der Waals surface area (Å²) < 4.78 is 54.0.